The molecule has 15 heavy (non-hydrogen) atoms. The molecule has 0 saturated heterocycles. The Bertz CT molecular complexity index is 204. The highest BCUT2D eigenvalue weighted by Crippen LogP contribution is 2.25. The molecule has 0 unspecified atom stereocenters. The monoisotopic (exact) mass is 208 g/mol. The zero-order valence-electron chi connectivity index (χ0n) is 11.4. The minimum atomic E-state index is 1.27. The third-order valence-electron chi connectivity index (χ3n) is 2.07. The number of allylic oxidation sites excluding steroid dienone is 6. The first-order valence-corrected chi connectivity index (χ1v) is 6.37. The third kappa shape index (κ3) is 7.18. The van der Waals surface area contributed by atoms with Gasteiger partial charge in [-0.1, -0.05) is 52.0 Å². The summed E-state index contributed by atoms with van der Waals surface area (Å²) in [5.41, 5.74) is 2.94. The largest absolute Gasteiger partial charge is 0.0871 e. The van der Waals surface area contributed by atoms with Crippen molar-refractivity contribution in [2.75, 3.05) is 0 Å². The number of rotatable bonds is 2. The van der Waals surface area contributed by atoms with Crippen molar-refractivity contribution in [3.63, 3.8) is 0 Å². The molecule has 0 radical (unpaired) electrons. The van der Waals surface area contributed by atoms with Crippen LogP contribution in [0.4, 0.5) is 0 Å². The summed E-state index contributed by atoms with van der Waals surface area (Å²) in [6.07, 6.45) is 12.7. The van der Waals surface area contributed by atoms with Gasteiger partial charge in [0.15, 0.2) is 0 Å². The van der Waals surface area contributed by atoms with Gasteiger partial charge in [0.05, 0.1) is 0 Å². The van der Waals surface area contributed by atoms with Crippen LogP contribution in [0.3, 0.4) is 0 Å². The van der Waals surface area contributed by atoms with Crippen molar-refractivity contribution in [3.05, 3.63) is 35.5 Å². The maximum atomic E-state index is 2.36. The van der Waals surface area contributed by atoms with E-state index in [1.807, 2.05) is 27.7 Å². The van der Waals surface area contributed by atoms with Gasteiger partial charge in [-0.2, -0.15) is 0 Å². The fourth-order valence-corrected chi connectivity index (χ4v) is 1.50. The molecule has 0 N–H and O–H groups in total. The average Bonchev–Trinajstić information content (AvgIpc) is 2.85. The van der Waals surface area contributed by atoms with Crippen molar-refractivity contribution in [1.29, 1.82) is 0 Å². The van der Waals surface area contributed by atoms with E-state index < -0.39 is 0 Å². The highest BCUT2D eigenvalue weighted by atomic mass is 14.1. The molecule has 0 nitrogen and oxygen atoms in total. The van der Waals surface area contributed by atoms with Gasteiger partial charge in [0, 0.05) is 0 Å². The summed E-state index contributed by atoms with van der Waals surface area (Å²) < 4.78 is 0. The van der Waals surface area contributed by atoms with E-state index in [1.54, 1.807) is 0 Å². The lowest BCUT2D eigenvalue weighted by Gasteiger charge is -2.00. The van der Waals surface area contributed by atoms with Crippen LogP contribution < -0.4 is 0 Å². The second kappa shape index (κ2) is 13.2. The van der Waals surface area contributed by atoms with Crippen molar-refractivity contribution in [2.24, 2.45) is 0 Å². The van der Waals surface area contributed by atoms with E-state index in [9.17, 15) is 0 Å². The molecule has 88 valence electrons. The first-order valence-electron chi connectivity index (χ1n) is 6.37. The lowest BCUT2D eigenvalue weighted by Crippen LogP contribution is -1.80. The molecule has 0 spiro atoms. The summed E-state index contributed by atoms with van der Waals surface area (Å²) in [7, 11) is 0. The Hall–Kier alpha value is -0.780. The molecule has 0 aromatic rings. The van der Waals surface area contributed by atoms with Crippen molar-refractivity contribution in [2.45, 2.75) is 60.8 Å². The molecule has 1 rings (SSSR count). The molecule has 0 heteroatoms. The van der Waals surface area contributed by atoms with Gasteiger partial charge in [0.25, 0.3) is 0 Å². The predicted octanol–water partition coefficient (Wildman–Crippen LogP) is 5.67. The van der Waals surface area contributed by atoms with Gasteiger partial charge in [-0.05, 0) is 44.3 Å². The summed E-state index contributed by atoms with van der Waals surface area (Å²) in [6, 6.07) is 0. The maximum absolute atomic E-state index is 2.36. The SMILES string of the molecule is C/C=C\C(=C/C)C1=CCCC1.CC.CC. The Labute approximate surface area is 96.8 Å². The van der Waals surface area contributed by atoms with Crippen molar-refractivity contribution >= 4 is 0 Å². The van der Waals surface area contributed by atoms with Crippen LogP contribution in [0.25, 0.3) is 0 Å². The summed E-state index contributed by atoms with van der Waals surface area (Å²) in [5.74, 6) is 0. The Balaban J connectivity index is 0. The maximum Gasteiger partial charge on any atom is -0.0273 e. The van der Waals surface area contributed by atoms with Crippen LogP contribution >= 0.6 is 0 Å². The summed E-state index contributed by atoms with van der Waals surface area (Å²) in [4.78, 5) is 0. The number of hydrogen-bond donors (Lipinski definition) is 0. The van der Waals surface area contributed by atoms with E-state index >= 15 is 0 Å². The highest BCUT2D eigenvalue weighted by molar-refractivity contribution is 5.40. The molecule has 1 aliphatic rings. The van der Waals surface area contributed by atoms with Gasteiger partial charge in [-0.25, -0.2) is 0 Å². The first kappa shape index (κ1) is 16.6. The molecule has 0 fully saturated rings. The van der Waals surface area contributed by atoms with Crippen LogP contribution in [0, 0.1) is 0 Å². The Morgan fingerprint density at radius 1 is 1.13 bits per heavy atom. The summed E-state index contributed by atoms with van der Waals surface area (Å²) in [6.45, 7) is 12.2. The van der Waals surface area contributed by atoms with Gasteiger partial charge >= 0.3 is 0 Å². The second-order valence-corrected chi connectivity index (χ2v) is 2.87. The zero-order valence-corrected chi connectivity index (χ0v) is 11.4. The van der Waals surface area contributed by atoms with Crippen LogP contribution in [0.5, 0.6) is 0 Å². The Kier molecular flexibility index (Phi) is 14.7. The van der Waals surface area contributed by atoms with Gasteiger partial charge in [-0.15, -0.1) is 0 Å². The molecule has 0 aromatic carbocycles. The Morgan fingerprint density at radius 3 is 2.07 bits per heavy atom. The highest BCUT2D eigenvalue weighted by Gasteiger charge is 2.05. The van der Waals surface area contributed by atoms with Crippen molar-refractivity contribution < 1.29 is 0 Å². The first-order chi connectivity index (χ1) is 7.38. The predicted molar refractivity (Wildman–Crippen MR) is 73.2 cm³/mol. The lowest BCUT2D eigenvalue weighted by molar-refractivity contribution is 0.912. The summed E-state index contributed by atoms with van der Waals surface area (Å²) >= 11 is 0. The van der Waals surface area contributed by atoms with Gasteiger partial charge in [0.2, 0.25) is 0 Å². The fraction of sp³-hybridized carbons (Fsp3) is 0.600. The molecule has 0 heterocycles. The van der Waals surface area contributed by atoms with E-state index in [0.29, 0.717) is 0 Å². The molecule has 0 amide bonds. The van der Waals surface area contributed by atoms with Crippen LogP contribution in [0.2, 0.25) is 0 Å². The van der Waals surface area contributed by atoms with Crippen molar-refractivity contribution in [3.8, 4) is 0 Å². The van der Waals surface area contributed by atoms with Gasteiger partial charge < -0.3 is 0 Å². The van der Waals surface area contributed by atoms with Gasteiger partial charge in [0.1, 0.15) is 0 Å². The van der Waals surface area contributed by atoms with E-state index in [1.165, 1.54) is 30.4 Å². The molecule has 0 aliphatic heterocycles. The lowest BCUT2D eigenvalue weighted by atomic mass is 10.1. The van der Waals surface area contributed by atoms with Gasteiger partial charge in [-0.3, -0.25) is 0 Å². The topological polar surface area (TPSA) is 0 Å². The number of hydrogen-bond acceptors (Lipinski definition) is 0. The quantitative estimate of drug-likeness (QED) is 0.513. The molecular formula is C15H28. The third-order valence-corrected chi connectivity index (χ3v) is 2.07. The molecular weight excluding hydrogens is 180 g/mol. The normalized spacial score (nSPS) is 15.1. The van der Waals surface area contributed by atoms with E-state index in [4.69, 9.17) is 0 Å². The second-order valence-electron chi connectivity index (χ2n) is 2.87. The molecule has 0 atom stereocenters. The van der Waals surface area contributed by atoms with Crippen LogP contribution in [0.15, 0.2) is 35.5 Å². The van der Waals surface area contributed by atoms with E-state index in [0.717, 1.165) is 0 Å². The van der Waals surface area contributed by atoms with Crippen LogP contribution in [0.1, 0.15) is 60.8 Å². The summed E-state index contributed by atoms with van der Waals surface area (Å²) in [5, 5.41) is 0. The molecule has 0 saturated carbocycles. The molecule has 0 bridgehead atoms. The van der Waals surface area contributed by atoms with E-state index in [2.05, 4.69) is 38.2 Å². The Morgan fingerprint density at radius 2 is 1.73 bits per heavy atom. The molecule has 0 aromatic heterocycles. The van der Waals surface area contributed by atoms with E-state index in [-0.39, 0.29) is 0 Å². The standard InChI is InChI=1S/C11H16.2C2H6/c1-3-7-10(4-2)11-8-5-6-9-11;2*1-2/h3-4,7-8H,5-6,9H2,1-2H3;2*1-2H3/b7-3-,10-4+;;. The van der Waals surface area contributed by atoms with Crippen molar-refractivity contribution in [1.82, 2.24) is 0 Å². The minimum Gasteiger partial charge on any atom is -0.0871 e. The molecule has 1 aliphatic carbocycles. The zero-order chi connectivity index (χ0) is 12.1. The smallest absolute Gasteiger partial charge is 0.0273 e. The fourth-order valence-electron chi connectivity index (χ4n) is 1.50. The average molecular weight is 208 g/mol. The van der Waals surface area contributed by atoms with Crippen LogP contribution in [-0.4, -0.2) is 0 Å². The minimum absolute atomic E-state index is 1.27. The van der Waals surface area contributed by atoms with Crippen LogP contribution in [-0.2, 0) is 0 Å².